The average molecular weight is 342 g/mol. The molecule has 0 atom stereocenters. The monoisotopic (exact) mass is 342 g/mol. The van der Waals surface area contributed by atoms with Crippen molar-refractivity contribution < 1.29 is 4.79 Å². The van der Waals surface area contributed by atoms with Gasteiger partial charge in [0, 0.05) is 44.5 Å². The Bertz CT molecular complexity index is 627. The zero-order chi connectivity index (χ0) is 18.4. The Labute approximate surface area is 151 Å². The highest BCUT2D eigenvalue weighted by atomic mass is 16.2. The zero-order valence-electron chi connectivity index (χ0n) is 16.0. The number of aryl methyl sites for hydroxylation is 1. The molecule has 0 bridgehead atoms. The second kappa shape index (κ2) is 8.98. The number of hydrogen-bond donors (Lipinski definition) is 0. The molecule has 1 aromatic rings. The summed E-state index contributed by atoms with van der Waals surface area (Å²) < 4.78 is 0. The van der Waals surface area contributed by atoms with Crippen LogP contribution >= 0.6 is 0 Å². The van der Waals surface area contributed by atoms with Gasteiger partial charge in [-0.15, -0.1) is 0 Å². The van der Waals surface area contributed by atoms with Crippen LogP contribution < -0.4 is 4.90 Å². The molecule has 1 aromatic carbocycles. The molecule has 1 aliphatic rings. The number of anilines is 1. The lowest BCUT2D eigenvalue weighted by Gasteiger charge is -2.37. The molecule has 0 radical (unpaired) electrons. The molecule has 2 rings (SSSR count). The van der Waals surface area contributed by atoms with E-state index in [-0.39, 0.29) is 5.91 Å². The molecule has 136 valence electrons. The predicted molar refractivity (Wildman–Crippen MR) is 102 cm³/mol. The molecule has 0 spiro atoms. The molecule has 0 aliphatic carbocycles. The van der Waals surface area contributed by atoms with Crippen molar-refractivity contribution in [3.8, 4) is 6.07 Å². The van der Waals surface area contributed by atoms with Gasteiger partial charge in [0.15, 0.2) is 0 Å². The number of carbonyl (C=O) groups excluding carboxylic acids is 1. The Morgan fingerprint density at radius 3 is 2.52 bits per heavy atom. The summed E-state index contributed by atoms with van der Waals surface area (Å²) in [5.74, 6) is 0.0851. The van der Waals surface area contributed by atoms with E-state index in [4.69, 9.17) is 5.26 Å². The largest absolute Gasteiger partial charge is 0.310 e. The highest BCUT2D eigenvalue weighted by Crippen LogP contribution is 2.23. The lowest BCUT2D eigenvalue weighted by molar-refractivity contribution is -0.120. The molecule has 1 fully saturated rings. The molecule has 5 heteroatoms. The van der Waals surface area contributed by atoms with E-state index in [0.717, 1.165) is 43.0 Å². The van der Waals surface area contributed by atoms with Crippen LogP contribution in [0, 0.1) is 25.2 Å². The van der Waals surface area contributed by atoms with Gasteiger partial charge < -0.3 is 4.90 Å². The Kier molecular flexibility index (Phi) is 6.98. The van der Waals surface area contributed by atoms with Crippen LogP contribution in [-0.4, -0.2) is 61.0 Å². The van der Waals surface area contributed by atoms with Gasteiger partial charge in [-0.25, -0.2) is 0 Å². The number of hydrogen-bond acceptors (Lipinski definition) is 4. The van der Waals surface area contributed by atoms with Crippen molar-refractivity contribution in [2.75, 3.05) is 44.2 Å². The van der Waals surface area contributed by atoms with Crippen molar-refractivity contribution in [1.29, 1.82) is 5.26 Å². The van der Waals surface area contributed by atoms with Crippen molar-refractivity contribution in [3.63, 3.8) is 0 Å². The van der Waals surface area contributed by atoms with Gasteiger partial charge in [0.05, 0.1) is 19.0 Å². The van der Waals surface area contributed by atoms with Gasteiger partial charge in [-0.2, -0.15) is 5.26 Å². The third kappa shape index (κ3) is 5.04. The summed E-state index contributed by atoms with van der Waals surface area (Å²) in [7, 11) is 0. The van der Waals surface area contributed by atoms with E-state index in [9.17, 15) is 4.79 Å². The van der Waals surface area contributed by atoms with E-state index in [1.165, 1.54) is 0 Å². The quantitative estimate of drug-likeness (QED) is 0.797. The standard InChI is InChI=1S/C20H30N4O/c1-16(2)23-13-11-22(12-14-23)15-20(25)24(10-6-9-21)19-8-5-7-17(3)18(19)4/h5,7-8,16H,6,10-15H2,1-4H3. The fourth-order valence-electron chi connectivity index (χ4n) is 3.28. The second-order valence-electron chi connectivity index (χ2n) is 7.08. The lowest BCUT2D eigenvalue weighted by atomic mass is 10.1. The Morgan fingerprint density at radius 2 is 1.92 bits per heavy atom. The molecule has 0 aromatic heterocycles. The number of nitrogens with zero attached hydrogens (tertiary/aromatic N) is 4. The normalized spacial score (nSPS) is 16.0. The first-order valence-electron chi connectivity index (χ1n) is 9.14. The second-order valence-corrected chi connectivity index (χ2v) is 7.08. The topological polar surface area (TPSA) is 50.6 Å². The summed E-state index contributed by atoms with van der Waals surface area (Å²) in [6, 6.07) is 8.73. The predicted octanol–water partition coefficient (Wildman–Crippen LogP) is 2.58. The lowest BCUT2D eigenvalue weighted by Crippen LogP contribution is -2.51. The molecule has 0 N–H and O–H groups in total. The van der Waals surface area contributed by atoms with Gasteiger partial charge in [0.25, 0.3) is 0 Å². The zero-order valence-corrected chi connectivity index (χ0v) is 16.0. The summed E-state index contributed by atoms with van der Waals surface area (Å²) >= 11 is 0. The van der Waals surface area contributed by atoms with Crippen molar-refractivity contribution >= 4 is 11.6 Å². The highest BCUT2D eigenvalue weighted by molar-refractivity contribution is 5.95. The van der Waals surface area contributed by atoms with Gasteiger partial charge in [0.2, 0.25) is 5.91 Å². The molecular formula is C20H30N4O. The number of rotatable bonds is 6. The first-order chi connectivity index (χ1) is 11.9. The fourth-order valence-corrected chi connectivity index (χ4v) is 3.28. The van der Waals surface area contributed by atoms with E-state index in [2.05, 4.69) is 42.7 Å². The maximum absolute atomic E-state index is 13.0. The molecule has 1 aliphatic heterocycles. The van der Waals surface area contributed by atoms with Crippen LogP contribution in [0.15, 0.2) is 18.2 Å². The van der Waals surface area contributed by atoms with Crippen LogP contribution in [0.4, 0.5) is 5.69 Å². The van der Waals surface area contributed by atoms with Crippen LogP contribution in [0.1, 0.15) is 31.4 Å². The minimum Gasteiger partial charge on any atom is -0.310 e. The number of benzene rings is 1. The molecular weight excluding hydrogens is 312 g/mol. The third-order valence-corrected chi connectivity index (χ3v) is 5.11. The van der Waals surface area contributed by atoms with E-state index in [1.54, 1.807) is 4.90 Å². The van der Waals surface area contributed by atoms with Crippen molar-refractivity contribution in [2.24, 2.45) is 0 Å². The summed E-state index contributed by atoms with van der Waals surface area (Å²) in [6.45, 7) is 13.2. The van der Waals surface area contributed by atoms with Crippen LogP contribution in [-0.2, 0) is 4.79 Å². The molecule has 0 unspecified atom stereocenters. The van der Waals surface area contributed by atoms with E-state index in [1.807, 2.05) is 19.1 Å². The summed E-state index contributed by atoms with van der Waals surface area (Å²) in [5.41, 5.74) is 3.21. The number of piperazine rings is 1. The van der Waals surface area contributed by atoms with E-state index in [0.29, 0.717) is 25.6 Å². The summed E-state index contributed by atoms with van der Waals surface area (Å²) in [4.78, 5) is 19.4. The highest BCUT2D eigenvalue weighted by Gasteiger charge is 2.24. The Morgan fingerprint density at radius 1 is 1.24 bits per heavy atom. The number of carbonyl (C=O) groups is 1. The third-order valence-electron chi connectivity index (χ3n) is 5.11. The summed E-state index contributed by atoms with van der Waals surface area (Å²) in [5, 5.41) is 8.97. The van der Waals surface area contributed by atoms with Gasteiger partial charge in [-0.1, -0.05) is 12.1 Å². The summed E-state index contributed by atoms with van der Waals surface area (Å²) in [6.07, 6.45) is 0.347. The van der Waals surface area contributed by atoms with Crippen molar-refractivity contribution in [3.05, 3.63) is 29.3 Å². The maximum Gasteiger partial charge on any atom is 0.241 e. The smallest absolute Gasteiger partial charge is 0.241 e. The molecule has 1 saturated heterocycles. The first kappa shape index (κ1) is 19.4. The minimum absolute atomic E-state index is 0.0851. The Hall–Kier alpha value is -1.90. The first-order valence-corrected chi connectivity index (χ1v) is 9.14. The average Bonchev–Trinajstić information content (AvgIpc) is 2.59. The van der Waals surface area contributed by atoms with Gasteiger partial charge in [-0.3, -0.25) is 14.6 Å². The molecule has 5 nitrogen and oxygen atoms in total. The molecule has 25 heavy (non-hydrogen) atoms. The fraction of sp³-hybridized carbons (Fsp3) is 0.600. The van der Waals surface area contributed by atoms with Crippen LogP contribution in [0.3, 0.4) is 0 Å². The van der Waals surface area contributed by atoms with Gasteiger partial charge >= 0.3 is 0 Å². The SMILES string of the molecule is Cc1cccc(N(CCC#N)C(=O)CN2CCN(C(C)C)CC2)c1C. The number of amides is 1. The van der Waals surface area contributed by atoms with Gasteiger partial charge in [-0.05, 0) is 44.9 Å². The minimum atomic E-state index is 0.0851. The van der Waals surface area contributed by atoms with Crippen LogP contribution in [0.5, 0.6) is 0 Å². The van der Waals surface area contributed by atoms with Crippen LogP contribution in [0.2, 0.25) is 0 Å². The van der Waals surface area contributed by atoms with Gasteiger partial charge in [0.1, 0.15) is 0 Å². The number of nitriles is 1. The van der Waals surface area contributed by atoms with E-state index < -0.39 is 0 Å². The molecule has 0 saturated carbocycles. The molecule has 1 amide bonds. The Balaban J connectivity index is 2.07. The van der Waals surface area contributed by atoms with Crippen molar-refractivity contribution in [2.45, 2.75) is 40.2 Å². The van der Waals surface area contributed by atoms with E-state index >= 15 is 0 Å². The van der Waals surface area contributed by atoms with Crippen LogP contribution in [0.25, 0.3) is 0 Å². The molecule has 1 heterocycles. The van der Waals surface area contributed by atoms with Crippen molar-refractivity contribution in [1.82, 2.24) is 9.80 Å². The maximum atomic E-state index is 13.0.